The lowest BCUT2D eigenvalue weighted by molar-refractivity contribution is -0.701. The summed E-state index contributed by atoms with van der Waals surface area (Å²) in [6, 6.07) is 2.10. The molecule has 0 aliphatic rings. The fourth-order valence-electron chi connectivity index (χ4n) is 1.91. The maximum absolute atomic E-state index is 10.8. The van der Waals surface area contributed by atoms with Crippen LogP contribution in [-0.2, 0) is 24.3 Å². The molecule has 0 spiro atoms. The Labute approximate surface area is 101 Å². The Balaban J connectivity index is 3.02. The van der Waals surface area contributed by atoms with Gasteiger partial charge in [-0.2, -0.15) is 5.26 Å². The number of aliphatic carboxylic acids is 1. The highest BCUT2D eigenvalue weighted by Gasteiger charge is 2.20. The molecule has 5 nitrogen and oxygen atoms in total. The zero-order chi connectivity index (χ0) is 12.8. The number of nitriles is 1. The van der Waals surface area contributed by atoms with Crippen LogP contribution in [0.4, 0.5) is 0 Å². The molecule has 1 rings (SSSR count). The molecule has 0 aliphatic heterocycles. The zero-order valence-electron chi connectivity index (χ0n) is 10.3. The second-order valence-corrected chi connectivity index (χ2v) is 4.00. The number of aromatic nitrogens is 2. The van der Waals surface area contributed by atoms with Gasteiger partial charge in [-0.3, -0.25) is 0 Å². The van der Waals surface area contributed by atoms with E-state index in [1.165, 1.54) is 0 Å². The molecule has 0 fully saturated rings. The van der Waals surface area contributed by atoms with Crippen LogP contribution < -0.4 is 4.57 Å². The number of carbonyl (C=O) groups is 1. The Morgan fingerprint density at radius 3 is 2.88 bits per heavy atom. The Hall–Kier alpha value is -1.83. The molecule has 0 unspecified atom stereocenters. The van der Waals surface area contributed by atoms with E-state index in [0.717, 1.165) is 24.4 Å². The number of aryl methyl sites for hydroxylation is 2. The Morgan fingerprint density at radius 1 is 1.65 bits per heavy atom. The second-order valence-electron chi connectivity index (χ2n) is 4.00. The smallest absolute Gasteiger partial charge is 0.346 e. The van der Waals surface area contributed by atoms with Crippen molar-refractivity contribution in [2.24, 2.45) is 0 Å². The Kier molecular flexibility index (Phi) is 4.70. The number of carboxylic acid groups (broad SMARTS) is 1. The van der Waals surface area contributed by atoms with Crippen LogP contribution in [0.15, 0.2) is 6.20 Å². The van der Waals surface area contributed by atoms with E-state index in [-0.39, 0.29) is 6.54 Å². The molecule has 0 aromatic carbocycles. The van der Waals surface area contributed by atoms with Crippen LogP contribution in [0.25, 0.3) is 0 Å². The summed E-state index contributed by atoms with van der Waals surface area (Å²) >= 11 is 0. The van der Waals surface area contributed by atoms with Gasteiger partial charge in [-0.15, -0.1) is 0 Å². The van der Waals surface area contributed by atoms with Crippen molar-refractivity contribution in [3.8, 4) is 6.07 Å². The average Bonchev–Trinajstić information content (AvgIpc) is 2.55. The zero-order valence-corrected chi connectivity index (χ0v) is 10.3. The third kappa shape index (κ3) is 3.31. The van der Waals surface area contributed by atoms with Crippen molar-refractivity contribution in [1.29, 1.82) is 5.26 Å². The van der Waals surface area contributed by atoms with Gasteiger partial charge in [-0.25, -0.2) is 13.9 Å². The van der Waals surface area contributed by atoms with Gasteiger partial charge >= 0.3 is 5.97 Å². The van der Waals surface area contributed by atoms with Crippen LogP contribution in [0, 0.1) is 18.3 Å². The first-order chi connectivity index (χ1) is 8.10. The molecular formula is C12H18N3O2+. The average molecular weight is 236 g/mol. The van der Waals surface area contributed by atoms with Crippen LogP contribution in [0.3, 0.4) is 0 Å². The van der Waals surface area contributed by atoms with Gasteiger partial charge in [0.15, 0.2) is 6.54 Å². The molecule has 1 N–H and O–H groups in total. The highest BCUT2D eigenvalue weighted by Crippen LogP contribution is 2.06. The minimum absolute atomic E-state index is 0.0132. The standard InChI is InChI=1S/C12H17N3O2/c1-3-5-11-8-14(7-4-6-13)10(2)15(11)9-12(16)17/h8H,3-5,7,9H2,1-2H3/p+1. The lowest BCUT2D eigenvalue weighted by atomic mass is 10.2. The molecule has 0 bridgehead atoms. The minimum atomic E-state index is -0.839. The van der Waals surface area contributed by atoms with E-state index in [2.05, 4.69) is 13.0 Å². The molecule has 1 aromatic heterocycles. The van der Waals surface area contributed by atoms with E-state index in [1.807, 2.05) is 22.3 Å². The summed E-state index contributed by atoms with van der Waals surface area (Å²) in [5, 5.41) is 17.5. The number of imidazole rings is 1. The third-order valence-electron chi connectivity index (χ3n) is 2.72. The van der Waals surface area contributed by atoms with E-state index in [0.29, 0.717) is 13.0 Å². The minimum Gasteiger partial charge on any atom is -0.478 e. The van der Waals surface area contributed by atoms with Gasteiger partial charge in [0.2, 0.25) is 0 Å². The number of nitrogens with zero attached hydrogens (tertiary/aromatic N) is 3. The Bertz CT molecular complexity index is 443. The molecular weight excluding hydrogens is 218 g/mol. The van der Waals surface area contributed by atoms with Crippen LogP contribution in [-0.4, -0.2) is 15.6 Å². The Morgan fingerprint density at radius 2 is 2.35 bits per heavy atom. The van der Waals surface area contributed by atoms with Gasteiger partial charge in [-0.1, -0.05) is 6.92 Å². The van der Waals surface area contributed by atoms with Crippen molar-refractivity contribution in [2.45, 2.75) is 46.2 Å². The van der Waals surface area contributed by atoms with Crippen molar-refractivity contribution < 1.29 is 14.5 Å². The molecule has 0 aliphatic carbocycles. The van der Waals surface area contributed by atoms with Crippen molar-refractivity contribution in [2.75, 3.05) is 0 Å². The van der Waals surface area contributed by atoms with Crippen molar-refractivity contribution >= 4 is 5.97 Å². The normalized spacial score (nSPS) is 10.2. The highest BCUT2D eigenvalue weighted by atomic mass is 16.4. The van der Waals surface area contributed by atoms with E-state index in [4.69, 9.17) is 10.4 Å². The van der Waals surface area contributed by atoms with Crippen LogP contribution in [0.2, 0.25) is 0 Å². The van der Waals surface area contributed by atoms with Crippen molar-refractivity contribution in [1.82, 2.24) is 4.57 Å². The summed E-state index contributed by atoms with van der Waals surface area (Å²) in [5.41, 5.74) is 1.02. The maximum atomic E-state index is 10.8. The molecule has 5 heteroatoms. The lowest BCUT2D eigenvalue weighted by Crippen LogP contribution is -2.35. The van der Waals surface area contributed by atoms with Gasteiger partial charge in [0.05, 0.1) is 12.5 Å². The van der Waals surface area contributed by atoms with Gasteiger partial charge in [0.1, 0.15) is 18.4 Å². The summed E-state index contributed by atoms with van der Waals surface area (Å²) in [6.45, 7) is 4.55. The molecule has 1 heterocycles. The quantitative estimate of drug-likeness (QED) is 0.750. The van der Waals surface area contributed by atoms with Crippen LogP contribution in [0.1, 0.15) is 31.3 Å². The van der Waals surface area contributed by atoms with Crippen molar-refractivity contribution in [3.05, 3.63) is 17.7 Å². The van der Waals surface area contributed by atoms with Crippen LogP contribution in [0.5, 0.6) is 0 Å². The first-order valence-electron chi connectivity index (χ1n) is 5.77. The van der Waals surface area contributed by atoms with Gasteiger partial charge in [-0.05, 0) is 6.42 Å². The monoisotopic (exact) mass is 236 g/mol. The van der Waals surface area contributed by atoms with Crippen LogP contribution >= 0.6 is 0 Å². The predicted octanol–water partition coefficient (Wildman–Crippen LogP) is 1.03. The topological polar surface area (TPSA) is 69.9 Å². The fourth-order valence-corrected chi connectivity index (χ4v) is 1.91. The number of hydrogen-bond acceptors (Lipinski definition) is 2. The summed E-state index contributed by atoms with van der Waals surface area (Å²) in [6.07, 6.45) is 4.22. The van der Waals surface area contributed by atoms with Gasteiger partial charge in [0.25, 0.3) is 5.82 Å². The molecule has 0 saturated heterocycles. The van der Waals surface area contributed by atoms with E-state index >= 15 is 0 Å². The van der Waals surface area contributed by atoms with Gasteiger partial charge in [0, 0.05) is 13.3 Å². The first kappa shape index (κ1) is 13.2. The first-order valence-corrected chi connectivity index (χ1v) is 5.77. The highest BCUT2D eigenvalue weighted by molar-refractivity contribution is 5.66. The number of hydrogen-bond donors (Lipinski definition) is 1. The van der Waals surface area contributed by atoms with Gasteiger partial charge < -0.3 is 5.11 Å². The lowest BCUT2D eigenvalue weighted by Gasteiger charge is -1.99. The van der Waals surface area contributed by atoms with E-state index in [1.54, 1.807) is 0 Å². The van der Waals surface area contributed by atoms with E-state index in [9.17, 15) is 4.79 Å². The maximum Gasteiger partial charge on any atom is 0.346 e. The van der Waals surface area contributed by atoms with Crippen molar-refractivity contribution in [3.63, 3.8) is 0 Å². The SMILES string of the molecule is CCCc1c[n+](CCC#N)c(C)n1CC(=O)O. The summed E-state index contributed by atoms with van der Waals surface area (Å²) in [5.74, 6) is 0.0552. The van der Waals surface area contributed by atoms with E-state index < -0.39 is 5.97 Å². The summed E-state index contributed by atoms with van der Waals surface area (Å²) < 4.78 is 3.76. The molecule has 0 amide bonds. The number of rotatable bonds is 6. The molecule has 1 aromatic rings. The molecule has 92 valence electrons. The molecule has 17 heavy (non-hydrogen) atoms. The second kappa shape index (κ2) is 6.04. The fraction of sp³-hybridized carbons (Fsp3) is 0.583. The third-order valence-corrected chi connectivity index (χ3v) is 2.72. The predicted molar refractivity (Wildman–Crippen MR) is 61.2 cm³/mol. The molecule has 0 atom stereocenters. The summed E-state index contributed by atoms with van der Waals surface area (Å²) in [7, 11) is 0. The summed E-state index contributed by atoms with van der Waals surface area (Å²) in [4.78, 5) is 10.8. The number of carboxylic acids is 1. The molecule has 0 radical (unpaired) electrons. The largest absolute Gasteiger partial charge is 0.478 e. The molecule has 0 saturated carbocycles.